The van der Waals surface area contributed by atoms with Crippen LogP contribution in [0.25, 0.3) is 0 Å². The molecule has 0 aliphatic rings. The van der Waals surface area contributed by atoms with E-state index in [1.165, 1.54) is 0 Å². The number of halogens is 2. The van der Waals surface area contributed by atoms with Gasteiger partial charge in [0.05, 0.1) is 4.47 Å². The Morgan fingerprint density at radius 3 is 2.57 bits per heavy atom. The second kappa shape index (κ2) is 11.1. The topological polar surface area (TPSA) is 58.6 Å². The summed E-state index contributed by atoms with van der Waals surface area (Å²) in [6.07, 6.45) is 0.654. The fraction of sp³-hybridized carbons (Fsp3) is 0.333. The lowest BCUT2D eigenvalue weighted by Crippen LogP contribution is -2.50. The molecule has 0 heterocycles. The standard InChI is InChI=1S/C21H24BrClN2O3/c1-3-24-21(27)15(2)25(12-11-16-7-5-4-6-8-16)20(26)14-28-19-10-9-17(23)13-18(19)22/h4-10,13,15H,3,11-12,14H2,1-2H3,(H,24,27)/t15-/m0/s1. The van der Waals surface area contributed by atoms with E-state index in [1.807, 2.05) is 37.3 Å². The minimum Gasteiger partial charge on any atom is -0.483 e. The molecule has 0 fully saturated rings. The Labute approximate surface area is 179 Å². The Balaban J connectivity index is 2.07. The zero-order valence-electron chi connectivity index (χ0n) is 16.0. The van der Waals surface area contributed by atoms with E-state index in [2.05, 4.69) is 21.2 Å². The number of rotatable bonds is 9. The van der Waals surface area contributed by atoms with Gasteiger partial charge < -0.3 is 15.0 Å². The van der Waals surface area contributed by atoms with Crippen molar-refractivity contribution in [1.29, 1.82) is 0 Å². The number of carbonyl (C=O) groups is 2. The molecule has 5 nitrogen and oxygen atoms in total. The van der Waals surface area contributed by atoms with Gasteiger partial charge >= 0.3 is 0 Å². The number of benzene rings is 2. The lowest BCUT2D eigenvalue weighted by atomic mass is 10.1. The van der Waals surface area contributed by atoms with Crippen LogP contribution in [-0.4, -0.2) is 42.5 Å². The number of ether oxygens (including phenoxy) is 1. The summed E-state index contributed by atoms with van der Waals surface area (Å²) >= 11 is 9.30. The van der Waals surface area contributed by atoms with Crippen molar-refractivity contribution in [3.8, 4) is 5.75 Å². The van der Waals surface area contributed by atoms with Crippen LogP contribution >= 0.6 is 27.5 Å². The van der Waals surface area contributed by atoms with Crippen LogP contribution in [0.3, 0.4) is 0 Å². The smallest absolute Gasteiger partial charge is 0.261 e. The van der Waals surface area contributed by atoms with Crippen molar-refractivity contribution < 1.29 is 14.3 Å². The lowest BCUT2D eigenvalue weighted by molar-refractivity contribution is -0.141. The molecule has 0 saturated carbocycles. The molecule has 0 spiro atoms. The molecule has 2 aromatic rings. The molecule has 0 radical (unpaired) electrons. The molecule has 0 saturated heterocycles. The van der Waals surface area contributed by atoms with Crippen LogP contribution in [0.2, 0.25) is 5.02 Å². The van der Waals surface area contributed by atoms with E-state index in [9.17, 15) is 9.59 Å². The lowest BCUT2D eigenvalue weighted by Gasteiger charge is -2.28. The third kappa shape index (κ3) is 6.53. The molecule has 150 valence electrons. The zero-order chi connectivity index (χ0) is 20.5. The number of carbonyl (C=O) groups excluding carboxylic acids is 2. The summed E-state index contributed by atoms with van der Waals surface area (Å²) in [4.78, 5) is 26.7. The summed E-state index contributed by atoms with van der Waals surface area (Å²) in [6, 6.07) is 14.4. The molecule has 0 aliphatic carbocycles. The summed E-state index contributed by atoms with van der Waals surface area (Å²) in [6.45, 7) is 4.34. The number of hydrogen-bond donors (Lipinski definition) is 1. The van der Waals surface area contributed by atoms with E-state index in [0.717, 1.165) is 5.56 Å². The van der Waals surface area contributed by atoms with Gasteiger partial charge in [0.2, 0.25) is 5.91 Å². The van der Waals surface area contributed by atoms with E-state index in [-0.39, 0.29) is 18.4 Å². The Hall–Kier alpha value is -2.05. The number of hydrogen-bond acceptors (Lipinski definition) is 3. The van der Waals surface area contributed by atoms with Crippen LogP contribution in [0.5, 0.6) is 5.75 Å². The Morgan fingerprint density at radius 1 is 1.21 bits per heavy atom. The Morgan fingerprint density at radius 2 is 1.93 bits per heavy atom. The highest BCUT2D eigenvalue weighted by Crippen LogP contribution is 2.28. The van der Waals surface area contributed by atoms with Crippen molar-refractivity contribution in [2.75, 3.05) is 19.7 Å². The number of nitrogens with one attached hydrogen (secondary N) is 1. The third-order valence-electron chi connectivity index (χ3n) is 4.25. The van der Waals surface area contributed by atoms with Crippen LogP contribution in [0.1, 0.15) is 19.4 Å². The highest BCUT2D eigenvalue weighted by atomic mass is 79.9. The normalized spacial score (nSPS) is 11.6. The number of amides is 2. The van der Waals surface area contributed by atoms with Crippen LogP contribution < -0.4 is 10.1 Å². The number of nitrogens with zero attached hydrogens (tertiary/aromatic N) is 1. The van der Waals surface area contributed by atoms with Gasteiger partial charge in [-0.3, -0.25) is 9.59 Å². The van der Waals surface area contributed by atoms with Gasteiger partial charge in [0, 0.05) is 18.1 Å². The number of likely N-dealkylation sites (N-methyl/N-ethyl adjacent to an activating group) is 1. The summed E-state index contributed by atoms with van der Waals surface area (Å²) in [5.74, 6) is 0.0829. The Bertz CT molecular complexity index is 801. The first-order chi connectivity index (χ1) is 13.4. The molecule has 2 amide bonds. The molecule has 28 heavy (non-hydrogen) atoms. The maximum absolute atomic E-state index is 12.8. The molecule has 0 aliphatic heterocycles. The quantitative estimate of drug-likeness (QED) is 0.605. The van der Waals surface area contributed by atoms with Crippen LogP contribution in [0.15, 0.2) is 53.0 Å². The molecule has 1 atom stereocenters. The summed E-state index contributed by atoms with van der Waals surface area (Å²) in [7, 11) is 0. The third-order valence-corrected chi connectivity index (χ3v) is 5.10. The van der Waals surface area contributed by atoms with Crippen LogP contribution in [0.4, 0.5) is 0 Å². The predicted molar refractivity (Wildman–Crippen MR) is 115 cm³/mol. The average molecular weight is 468 g/mol. The highest BCUT2D eigenvalue weighted by molar-refractivity contribution is 9.10. The minimum absolute atomic E-state index is 0.168. The summed E-state index contributed by atoms with van der Waals surface area (Å²) in [5, 5.41) is 3.34. The van der Waals surface area contributed by atoms with Gasteiger partial charge in [-0.25, -0.2) is 0 Å². The van der Waals surface area contributed by atoms with Gasteiger partial charge in [0.15, 0.2) is 6.61 Å². The maximum Gasteiger partial charge on any atom is 0.261 e. The van der Waals surface area contributed by atoms with Crippen LogP contribution in [-0.2, 0) is 16.0 Å². The predicted octanol–water partition coefficient (Wildman–Crippen LogP) is 4.08. The van der Waals surface area contributed by atoms with Gasteiger partial charge in [0.25, 0.3) is 5.91 Å². The molecule has 0 aromatic heterocycles. The fourth-order valence-electron chi connectivity index (χ4n) is 2.71. The maximum atomic E-state index is 12.8. The minimum atomic E-state index is -0.589. The van der Waals surface area contributed by atoms with Crippen LogP contribution in [0, 0.1) is 0 Å². The van der Waals surface area contributed by atoms with E-state index >= 15 is 0 Å². The van der Waals surface area contributed by atoms with Gasteiger partial charge in [-0.15, -0.1) is 0 Å². The van der Waals surface area contributed by atoms with Crippen molar-refractivity contribution in [3.63, 3.8) is 0 Å². The first kappa shape index (κ1) is 22.2. The molecule has 1 N–H and O–H groups in total. The van der Waals surface area contributed by atoms with Gasteiger partial charge in [0.1, 0.15) is 11.8 Å². The average Bonchev–Trinajstić information content (AvgIpc) is 2.68. The summed E-state index contributed by atoms with van der Waals surface area (Å²) in [5.41, 5.74) is 1.10. The van der Waals surface area contributed by atoms with Crippen molar-refractivity contribution in [3.05, 3.63) is 63.6 Å². The van der Waals surface area contributed by atoms with Crippen molar-refractivity contribution in [2.24, 2.45) is 0 Å². The Kier molecular flexibility index (Phi) is 8.80. The second-order valence-electron chi connectivity index (χ2n) is 6.26. The zero-order valence-corrected chi connectivity index (χ0v) is 18.3. The van der Waals surface area contributed by atoms with E-state index in [4.69, 9.17) is 16.3 Å². The molecule has 2 rings (SSSR count). The molecular formula is C21H24BrClN2O3. The fourth-order valence-corrected chi connectivity index (χ4v) is 3.50. The molecule has 0 unspecified atom stereocenters. The molecule has 7 heteroatoms. The van der Waals surface area contributed by atoms with Crippen molar-refractivity contribution in [2.45, 2.75) is 26.3 Å². The van der Waals surface area contributed by atoms with E-state index < -0.39 is 6.04 Å². The monoisotopic (exact) mass is 466 g/mol. The first-order valence-electron chi connectivity index (χ1n) is 9.11. The molecule has 2 aromatic carbocycles. The first-order valence-corrected chi connectivity index (χ1v) is 10.3. The van der Waals surface area contributed by atoms with Crippen molar-refractivity contribution in [1.82, 2.24) is 10.2 Å². The second-order valence-corrected chi connectivity index (χ2v) is 7.55. The molecular weight excluding hydrogens is 444 g/mol. The van der Waals surface area contributed by atoms with Gasteiger partial charge in [-0.1, -0.05) is 41.9 Å². The van der Waals surface area contributed by atoms with Gasteiger partial charge in [-0.05, 0) is 60.0 Å². The highest BCUT2D eigenvalue weighted by Gasteiger charge is 2.25. The largest absolute Gasteiger partial charge is 0.483 e. The molecule has 0 bridgehead atoms. The van der Waals surface area contributed by atoms with E-state index in [1.54, 1.807) is 30.0 Å². The van der Waals surface area contributed by atoms with Crippen molar-refractivity contribution >= 4 is 39.3 Å². The summed E-state index contributed by atoms with van der Waals surface area (Å²) < 4.78 is 6.32. The van der Waals surface area contributed by atoms with Gasteiger partial charge in [-0.2, -0.15) is 0 Å². The van der Waals surface area contributed by atoms with E-state index in [0.29, 0.717) is 34.8 Å². The SMILES string of the molecule is CCNC(=O)[C@H](C)N(CCc1ccccc1)C(=O)COc1ccc(Cl)cc1Br.